The summed E-state index contributed by atoms with van der Waals surface area (Å²) in [4.78, 5) is 0.114. The number of anilines is 2. The van der Waals surface area contributed by atoms with Crippen LogP contribution in [0.3, 0.4) is 0 Å². The summed E-state index contributed by atoms with van der Waals surface area (Å²) in [7, 11) is -3.83. The summed E-state index contributed by atoms with van der Waals surface area (Å²) in [5.41, 5.74) is 6.63. The Kier molecular flexibility index (Phi) is 7.45. The SMILES string of the molecule is Cc1ccc(S(=O)(=O)OCCOc2ccc(Nc3nnc(-c4cc5c(nn4)-c4ccccc4CCC5)o3)cc2)cc1. The van der Waals surface area contributed by atoms with Crippen molar-refractivity contribution in [1.82, 2.24) is 20.4 Å². The molecule has 1 N–H and O–H groups in total. The predicted octanol–water partition coefficient (Wildman–Crippen LogP) is 5.52. The Bertz CT molecular complexity index is 1770. The molecule has 3 aromatic carbocycles. The Hall–Kier alpha value is -4.61. The average molecular weight is 570 g/mol. The van der Waals surface area contributed by atoms with Gasteiger partial charge < -0.3 is 14.5 Å². The molecule has 0 unspecified atom stereocenters. The van der Waals surface area contributed by atoms with E-state index in [0.717, 1.165) is 41.6 Å². The minimum atomic E-state index is -3.83. The maximum atomic E-state index is 12.3. The van der Waals surface area contributed by atoms with Gasteiger partial charge in [-0.25, -0.2) is 0 Å². The monoisotopic (exact) mass is 569 g/mol. The van der Waals surface area contributed by atoms with Gasteiger partial charge >= 0.3 is 6.01 Å². The van der Waals surface area contributed by atoms with Gasteiger partial charge in [-0.05, 0) is 79.8 Å². The molecule has 41 heavy (non-hydrogen) atoms. The van der Waals surface area contributed by atoms with Gasteiger partial charge in [-0.15, -0.1) is 15.3 Å². The quantitative estimate of drug-likeness (QED) is 0.179. The van der Waals surface area contributed by atoms with E-state index in [0.29, 0.717) is 17.1 Å². The van der Waals surface area contributed by atoms with E-state index in [2.05, 4.69) is 43.9 Å². The summed E-state index contributed by atoms with van der Waals surface area (Å²) in [6, 6.07) is 24.0. The predicted molar refractivity (Wildman–Crippen MR) is 152 cm³/mol. The van der Waals surface area contributed by atoms with E-state index in [4.69, 9.17) is 13.3 Å². The molecule has 11 heteroatoms. The second-order valence-electron chi connectivity index (χ2n) is 9.61. The van der Waals surface area contributed by atoms with Gasteiger partial charge in [0.2, 0.25) is 0 Å². The standard InChI is InChI=1S/C30H27N5O5S/c1-20-9-15-25(16-10-20)41(36,37)39-18-17-38-24-13-11-23(12-14-24)31-30-35-34-29(40-30)27-19-22-7-4-6-21-5-2-3-8-26(21)28(22)33-32-27/h2-3,5,8-16,19H,4,6-7,17-18H2,1H3,(H,31,35). The molecule has 208 valence electrons. The van der Waals surface area contributed by atoms with Gasteiger partial charge in [0.05, 0.1) is 10.6 Å². The Morgan fingerprint density at radius 3 is 2.46 bits per heavy atom. The summed E-state index contributed by atoms with van der Waals surface area (Å²) < 4.78 is 41.0. The van der Waals surface area contributed by atoms with Gasteiger partial charge in [-0.2, -0.15) is 8.42 Å². The Morgan fingerprint density at radius 2 is 1.63 bits per heavy atom. The fourth-order valence-corrected chi connectivity index (χ4v) is 5.50. The lowest BCUT2D eigenvalue weighted by atomic mass is 10.0. The lowest BCUT2D eigenvalue weighted by molar-refractivity contribution is 0.221. The smallest absolute Gasteiger partial charge is 0.320 e. The highest BCUT2D eigenvalue weighted by Crippen LogP contribution is 2.32. The van der Waals surface area contributed by atoms with Crippen molar-refractivity contribution >= 4 is 21.8 Å². The number of hydrogen-bond acceptors (Lipinski definition) is 10. The van der Waals surface area contributed by atoms with Crippen molar-refractivity contribution in [2.45, 2.75) is 31.1 Å². The van der Waals surface area contributed by atoms with E-state index >= 15 is 0 Å². The number of nitrogens with one attached hydrogen (secondary N) is 1. The molecule has 2 heterocycles. The summed E-state index contributed by atoms with van der Waals surface area (Å²) in [5, 5.41) is 20.2. The fraction of sp³-hybridized carbons (Fsp3) is 0.200. The zero-order valence-corrected chi connectivity index (χ0v) is 23.1. The molecule has 0 aliphatic heterocycles. The summed E-state index contributed by atoms with van der Waals surface area (Å²) >= 11 is 0. The molecule has 1 aliphatic rings. The van der Waals surface area contributed by atoms with Crippen molar-refractivity contribution in [3.8, 4) is 28.6 Å². The molecule has 0 radical (unpaired) electrons. The van der Waals surface area contributed by atoms with E-state index in [1.54, 1.807) is 36.4 Å². The molecule has 0 saturated heterocycles. The average Bonchev–Trinajstić information content (AvgIpc) is 3.37. The zero-order chi connectivity index (χ0) is 28.2. The first-order valence-corrected chi connectivity index (χ1v) is 14.6. The molecule has 0 amide bonds. The minimum absolute atomic E-state index is 0.0677. The van der Waals surface area contributed by atoms with Gasteiger partial charge in [0.15, 0.2) is 5.69 Å². The van der Waals surface area contributed by atoms with Crippen LogP contribution >= 0.6 is 0 Å². The van der Waals surface area contributed by atoms with Crippen LogP contribution in [0.2, 0.25) is 0 Å². The van der Waals surface area contributed by atoms with Crippen LogP contribution in [-0.4, -0.2) is 42.0 Å². The second-order valence-corrected chi connectivity index (χ2v) is 11.2. The highest BCUT2D eigenvalue weighted by molar-refractivity contribution is 7.86. The number of benzene rings is 3. The van der Waals surface area contributed by atoms with Crippen molar-refractivity contribution in [3.05, 3.63) is 95.6 Å². The third kappa shape index (κ3) is 6.11. The Labute approximate surface area is 237 Å². The van der Waals surface area contributed by atoms with E-state index in [9.17, 15) is 8.42 Å². The van der Waals surface area contributed by atoms with Gasteiger partial charge in [-0.3, -0.25) is 4.18 Å². The number of ether oxygens (including phenoxy) is 1. The van der Waals surface area contributed by atoms with Crippen molar-refractivity contribution in [2.24, 2.45) is 0 Å². The van der Waals surface area contributed by atoms with Crippen molar-refractivity contribution in [1.29, 1.82) is 0 Å². The Morgan fingerprint density at radius 1 is 0.854 bits per heavy atom. The molecule has 0 fully saturated rings. The molecule has 0 saturated carbocycles. The maximum absolute atomic E-state index is 12.3. The molecule has 5 aromatic rings. The number of fused-ring (bicyclic) bond motifs is 3. The van der Waals surface area contributed by atoms with Crippen LogP contribution in [0.5, 0.6) is 5.75 Å². The van der Waals surface area contributed by atoms with Crippen LogP contribution in [0, 0.1) is 6.92 Å². The number of rotatable bonds is 9. The van der Waals surface area contributed by atoms with Crippen LogP contribution in [-0.2, 0) is 27.1 Å². The van der Waals surface area contributed by atoms with E-state index in [1.807, 2.05) is 19.1 Å². The van der Waals surface area contributed by atoms with Crippen molar-refractivity contribution in [3.63, 3.8) is 0 Å². The van der Waals surface area contributed by atoms with Crippen molar-refractivity contribution in [2.75, 3.05) is 18.5 Å². The number of nitrogens with zero attached hydrogens (tertiary/aromatic N) is 4. The third-order valence-electron chi connectivity index (χ3n) is 6.69. The number of aryl methyl sites for hydroxylation is 3. The van der Waals surface area contributed by atoms with Crippen LogP contribution in [0.4, 0.5) is 11.7 Å². The minimum Gasteiger partial charge on any atom is -0.491 e. The largest absolute Gasteiger partial charge is 0.491 e. The maximum Gasteiger partial charge on any atom is 0.320 e. The second kappa shape index (κ2) is 11.5. The van der Waals surface area contributed by atoms with Gasteiger partial charge in [0.25, 0.3) is 16.0 Å². The van der Waals surface area contributed by atoms with Crippen LogP contribution in [0.25, 0.3) is 22.8 Å². The molecule has 0 atom stereocenters. The molecular weight excluding hydrogens is 542 g/mol. The van der Waals surface area contributed by atoms with Crippen LogP contribution < -0.4 is 10.1 Å². The molecule has 10 nitrogen and oxygen atoms in total. The van der Waals surface area contributed by atoms with Gasteiger partial charge in [0.1, 0.15) is 19.0 Å². The molecule has 2 aromatic heterocycles. The molecule has 0 bridgehead atoms. The topological polar surface area (TPSA) is 129 Å². The molecular formula is C30H27N5O5S. The van der Waals surface area contributed by atoms with Gasteiger partial charge in [0, 0.05) is 11.3 Å². The summed E-state index contributed by atoms with van der Waals surface area (Å²) in [6.45, 7) is 1.84. The van der Waals surface area contributed by atoms with Gasteiger partial charge in [-0.1, -0.05) is 47.1 Å². The van der Waals surface area contributed by atoms with E-state index in [1.165, 1.54) is 17.7 Å². The molecule has 0 spiro atoms. The van der Waals surface area contributed by atoms with Crippen LogP contribution in [0.1, 0.15) is 23.1 Å². The molecule has 1 aliphatic carbocycles. The first kappa shape index (κ1) is 26.6. The summed E-state index contributed by atoms with van der Waals surface area (Å²) in [5.74, 6) is 0.834. The third-order valence-corrected chi connectivity index (χ3v) is 8.01. The van der Waals surface area contributed by atoms with Crippen molar-refractivity contribution < 1.29 is 21.8 Å². The molecule has 6 rings (SSSR count). The fourth-order valence-electron chi connectivity index (χ4n) is 4.60. The van der Waals surface area contributed by atoms with E-state index in [-0.39, 0.29) is 30.0 Å². The highest BCUT2D eigenvalue weighted by atomic mass is 32.2. The zero-order valence-electron chi connectivity index (χ0n) is 22.3. The van der Waals surface area contributed by atoms with Crippen LogP contribution in [0.15, 0.2) is 88.2 Å². The number of aromatic nitrogens is 4. The first-order valence-electron chi connectivity index (χ1n) is 13.2. The number of hydrogen-bond donors (Lipinski definition) is 1. The lowest BCUT2D eigenvalue weighted by Crippen LogP contribution is -2.13. The summed E-state index contributed by atoms with van der Waals surface area (Å²) in [6.07, 6.45) is 2.93. The lowest BCUT2D eigenvalue weighted by Gasteiger charge is -2.09. The van der Waals surface area contributed by atoms with E-state index < -0.39 is 10.1 Å². The highest BCUT2D eigenvalue weighted by Gasteiger charge is 2.19. The Balaban J connectivity index is 1.04. The normalized spacial score (nSPS) is 12.7. The first-order chi connectivity index (χ1) is 19.9.